The fourth-order valence-corrected chi connectivity index (χ4v) is 2.85. The van der Waals surface area contributed by atoms with Crippen LogP contribution in [0.3, 0.4) is 0 Å². The van der Waals surface area contributed by atoms with Crippen molar-refractivity contribution in [3.05, 3.63) is 59.9 Å². The van der Waals surface area contributed by atoms with Gasteiger partial charge in [-0.1, -0.05) is 38.1 Å². The van der Waals surface area contributed by atoms with Gasteiger partial charge < -0.3 is 15.2 Å². The van der Waals surface area contributed by atoms with E-state index < -0.39 is 5.97 Å². The highest BCUT2D eigenvalue weighted by Crippen LogP contribution is 2.28. The number of fused-ring (bicyclic) bond motifs is 1. The number of hydrogen-bond acceptors (Lipinski definition) is 5. The van der Waals surface area contributed by atoms with E-state index in [9.17, 15) is 9.90 Å². The third kappa shape index (κ3) is 3.60. The van der Waals surface area contributed by atoms with Crippen molar-refractivity contribution < 1.29 is 9.90 Å². The zero-order chi connectivity index (χ0) is 17.8. The number of aromatic carboxylic acids is 1. The first-order valence-electron chi connectivity index (χ1n) is 8.47. The number of rotatable bonds is 6. The van der Waals surface area contributed by atoms with Crippen molar-refractivity contribution in [2.45, 2.75) is 32.6 Å². The van der Waals surface area contributed by atoms with Crippen molar-refractivity contribution in [3.8, 4) is 0 Å². The fraction of sp³-hybridized carbons (Fsp3) is 0.250. The number of benzene rings is 2. The maximum Gasteiger partial charge on any atom is 0.142 e. The van der Waals surface area contributed by atoms with E-state index in [0.717, 1.165) is 41.1 Å². The van der Waals surface area contributed by atoms with E-state index >= 15 is 0 Å². The molecule has 0 unspecified atom stereocenters. The van der Waals surface area contributed by atoms with Gasteiger partial charge in [-0.3, -0.25) is 0 Å². The Labute approximate surface area is 146 Å². The van der Waals surface area contributed by atoms with E-state index in [2.05, 4.69) is 19.2 Å². The molecule has 0 aliphatic rings. The van der Waals surface area contributed by atoms with Crippen LogP contribution in [0.15, 0.2) is 48.5 Å². The standard InChI is InChI=1S/C20H21N3O2/c1-3-13(4-2)18-22-17-8-6-5-7-16(17)19(23-18)21-15-11-9-14(10-12-15)20(24)25/h5-13H,3-4H2,1-2H3,(H,24,25)(H,21,22,23)/p-1. The van der Waals surface area contributed by atoms with Crippen LogP contribution in [0.1, 0.15) is 48.8 Å². The van der Waals surface area contributed by atoms with E-state index in [1.165, 1.54) is 12.1 Å². The number of anilines is 2. The second kappa shape index (κ2) is 7.30. The normalized spacial score (nSPS) is 11.0. The average molecular weight is 334 g/mol. The molecule has 0 spiro atoms. The predicted octanol–water partition coefficient (Wildman–Crippen LogP) is 3.64. The van der Waals surface area contributed by atoms with Crippen molar-refractivity contribution >= 4 is 28.4 Å². The van der Waals surface area contributed by atoms with Gasteiger partial charge >= 0.3 is 0 Å². The molecule has 5 heteroatoms. The highest BCUT2D eigenvalue weighted by atomic mass is 16.4. The van der Waals surface area contributed by atoms with Gasteiger partial charge in [0.25, 0.3) is 0 Å². The van der Waals surface area contributed by atoms with E-state index in [1.54, 1.807) is 12.1 Å². The van der Waals surface area contributed by atoms with Gasteiger partial charge in [0.05, 0.1) is 11.5 Å². The molecule has 3 aromatic rings. The number of carbonyl (C=O) groups excluding carboxylic acids is 1. The average Bonchev–Trinajstić information content (AvgIpc) is 2.63. The number of nitrogens with zero attached hydrogens (tertiary/aromatic N) is 2. The lowest BCUT2D eigenvalue weighted by atomic mass is 10.0. The van der Waals surface area contributed by atoms with Gasteiger partial charge in [-0.2, -0.15) is 0 Å². The molecule has 0 bridgehead atoms. The topological polar surface area (TPSA) is 77.9 Å². The molecule has 0 saturated heterocycles. The van der Waals surface area contributed by atoms with E-state index in [-0.39, 0.29) is 5.56 Å². The van der Waals surface area contributed by atoms with Gasteiger partial charge in [0, 0.05) is 17.0 Å². The molecule has 0 aliphatic heterocycles. The molecule has 0 amide bonds. The van der Waals surface area contributed by atoms with Crippen molar-refractivity contribution in [1.29, 1.82) is 0 Å². The van der Waals surface area contributed by atoms with Gasteiger partial charge in [-0.15, -0.1) is 0 Å². The van der Waals surface area contributed by atoms with Crippen molar-refractivity contribution in [2.24, 2.45) is 0 Å². The molecule has 0 atom stereocenters. The Morgan fingerprint density at radius 2 is 1.72 bits per heavy atom. The van der Waals surface area contributed by atoms with Crippen LogP contribution in [0.5, 0.6) is 0 Å². The molecule has 0 aliphatic carbocycles. The van der Waals surface area contributed by atoms with E-state index in [4.69, 9.17) is 9.97 Å². The summed E-state index contributed by atoms with van der Waals surface area (Å²) in [6.45, 7) is 4.27. The number of nitrogens with one attached hydrogen (secondary N) is 1. The van der Waals surface area contributed by atoms with Gasteiger partial charge in [-0.25, -0.2) is 9.97 Å². The fourth-order valence-electron chi connectivity index (χ4n) is 2.85. The second-order valence-electron chi connectivity index (χ2n) is 5.95. The number of hydrogen-bond donors (Lipinski definition) is 1. The monoisotopic (exact) mass is 334 g/mol. The summed E-state index contributed by atoms with van der Waals surface area (Å²) in [7, 11) is 0. The molecule has 0 saturated carbocycles. The molecule has 5 nitrogen and oxygen atoms in total. The summed E-state index contributed by atoms with van der Waals surface area (Å²) in [4.78, 5) is 20.3. The predicted molar refractivity (Wildman–Crippen MR) is 96.9 cm³/mol. The molecule has 1 heterocycles. The summed E-state index contributed by atoms with van der Waals surface area (Å²) < 4.78 is 0. The minimum atomic E-state index is -1.19. The van der Waals surface area contributed by atoms with E-state index in [0.29, 0.717) is 5.92 Å². The molecule has 128 valence electrons. The van der Waals surface area contributed by atoms with Crippen molar-refractivity contribution in [3.63, 3.8) is 0 Å². The summed E-state index contributed by atoms with van der Waals surface area (Å²) in [5, 5.41) is 15.1. The number of carboxylic acids is 1. The first-order valence-corrected chi connectivity index (χ1v) is 8.47. The van der Waals surface area contributed by atoms with Gasteiger partial charge in [-0.05, 0) is 42.7 Å². The largest absolute Gasteiger partial charge is 0.545 e. The number of carbonyl (C=O) groups is 1. The van der Waals surface area contributed by atoms with Crippen LogP contribution in [-0.4, -0.2) is 15.9 Å². The summed E-state index contributed by atoms with van der Waals surface area (Å²) >= 11 is 0. The molecule has 2 aromatic carbocycles. The minimum absolute atomic E-state index is 0.149. The van der Waals surface area contributed by atoms with Crippen LogP contribution in [0, 0.1) is 0 Å². The Balaban J connectivity index is 2.02. The summed E-state index contributed by atoms with van der Waals surface area (Å²) in [6, 6.07) is 14.3. The van der Waals surface area contributed by atoms with Crippen LogP contribution in [0.2, 0.25) is 0 Å². The third-order valence-electron chi connectivity index (χ3n) is 4.35. The highest BCUT2D eigenvalue weighted by molar-refractivity contribution is 5.91. The smallest absolute Gasteiger partial charge is 0.142 e. The SMILES string of the molecule is CCC(CC)c1nc(Nc2ccc(C(=O)[O-])cc2)c2ccccc2n1. The summed E-state index contributed by atoms with van der Waals surface area (Å²) in [6.07, 6.45) is 1.96. The zero-order valence-electron chi connectivity index (χ0n) is 14.3. The number of carboxylic acid groups (broad SMARTS) is 1. The van der Waals surface area contributed by atoms with Crippen LogP contribution in [-0.2, 0) is 0 Å². The lowest BCUT2D eigenvalue weighted by Crippen LogP contribution is -2.21. The minimum Gasteiger partial charge on any atom is -0.545 e. The van der Waals surface area contributed by atoms with Crippen LogP contribution in [0.4, 0.5) is 11.5 Å². The first kappa shape index (κ1) is 16.9. The third-order valence-corrected chi connectivity index (χ3v) is 4.35. The highest BCUT2D eigenvalue weighted by Gasteiger charge is 2.14. The zero-order valence-corrected chi connectivity index (χ0v) is 14.3. The Hall–Kier alpha value is -2.95. The van der Waals surface area contributed by atoms with Crippen molar-refractivity contribution in [2.75, 3.05) is 5.32 Å². The summed E-state index contributed by atoms with van der Waals surface area (Å²) in [5.74, 6) is 0.687. The Morgan fingerprint density at radius 1 is 1.04 bits per heavy atom. The van der Waals surface area contributed by atoms with Crippen LogP contribution < -0.4 is 10.4 Å². The Bertz CT molecular complexity index is 887. The molecule has 3 rings (SSSR count). The molecule has 1 aromatic heterocycles. The maximum absolute atomic E-state index is 10.9. The van der Waals surface area contributed by atoms with Crippen LogP contribution >= 0.6 is 0 Å². The molecular weight excluding hydrogens is 314 g/mol. The van der Waals surface area contributed by atoms with Gasteiger partial charge in [0.15, 0.2) is 0 Å². The second-order valence-corrected chi connectivity index (χ2v) is 5.95. The Kier molecular flexibility index (Phi) is 4.93. The lowest BCUT2D eigenvalue weighted by molar-refractivity contribution is -0.255. The van der Waals surface area contributed by atoms with Crippen LogP contribution in [0.25, 0.3) is 10.9 Å². The molecule has 25 heavy (non-hydrogen) atoms. The Morgan fingerprint density at radius 3 is 2.36 bits per heavy atom. The quantitative estimate of drug-likeness (QED) is 0.744. The molecule has 1 N–H and O–H groups in total. The van der Waals surface area contributed by atoms with E-state index in [1.807, 2.05) is 24.3 Å². The first-order chi connectivity index (χ1) is 12.1. The number of aromatic nitrogens is 2. The lowest BCUT2D eigenvalue weighted by Gasteiger charge is -2.15. The molecular formula is C20H20N3O2-. The van der Waals surface area contributed by atoms with Gasteiger partial charge in [0.1, 0.15) is 11.6 Å². The molecule has 0 radical (unpaired) electrons. The summed E-state index contributed by atoms with van der Waals surface area (Å²) in [5.41, 5.74) is 1.81. The van der Waals surface area contributed by atoms with Crippen molar-refractivity contribution in [1.82, 2.24) is 9.97 Å². The molecule has 0 fully saturated rings. The maximum atomic E-state index is 10.9. The van der Waals surface area contributed by atoms with Gasteiger partial charge in [0.2, 0.25) is 0 Å². The number of para-hydroxylation sites is 1.